The largest absolute Gasteiger partial charge is 0.330 e. The maximum atomic E-state index is 10.6. The Balaban J connectivity index is 3.04. The van der Waals surface area contributed by atoms with Crippen molar-refractivity contribution >= 4 is 5.69 Å². The zero-order valence-electron chi connectivity index (χ0n) is 9.06. The van der Waals surface area contributed by atoms with Gasteiger partial charge in [0.1, 0.15) is 0 Å². The van der Waals surface area contributed by atoms with Crippen molar-refractivity contribution in [2.75, 3.05) is 6.54 Å². The molecule has 0 bridgehead atoms. The lowest BCUT2D eigenvalue weighted by molar-refractivity contribution is -0.384. The van der Waals surface area contributed by atoms with Crippen LogP contribution in [0.2, 0.25) is 0 Å². The fourth-order valence-electron chi connectivity index (χ4n) is 1.68. The Kier molecular flexibility index (Phi) is 3.80. The zero-order valence-corrected chi connectivity index (χ0v) is 9.06. The van der Waals surface area contributed by atoms with Crippen LogP contribution in [0.4, 0.5) is 5.69 Å². The van der Waals surface area contributed by atoms with Crippen molar-refractivity contribution in [2.45, 2.75) is 26.2 Å². The molecule has 0 fully saturated rings. The molecule has 0 saturated carbocycles. The summed E-state index contributed by atoms with van der Waals surface area (Å²) in [5, 5.41) is 10.6. The van der Waals surface area contributed by atoms with Crippen LogP contribution in [0, 0.1) is 17.0 Å². The maximum Gasteiger partial charge on any atom is 0.269 e. The number of rotatable bonds is 4. The van der Waals surface area contributed by atoms with Gasteiger partial charge in [-0.05, 0) is 36.9 Å². The second kappa shape index (κ2) is 4.89. The Hall–Kier alpha value is -1.42. The summed E-state index contributed by atoms with van der Waals surface area (Å²) in [5.74, 6) is 0.273. The van der Waals surface area contributed by atoms with Gasteiger partial charge >= 0.3 is 0 Å². The van der Waals surface area contributed by atoms with Gasteiger partial charge in [-0.1, -0.05) is 13.0 Å². The van der Waals surface area contributed by atoms with E-state index in [1.807, 2.05) is 13.8 Å². The highest BCUT2D eigenvalue weighted by molar-refractivity contribution is 5.40. The molecule has 1 atom stereocenters. The third-order valence-corrected chi connectivity index (χ3v) is 2.60. The van der Waals surface area contributed by atoms with Crippen molar-refractivity contribution in [1.29, 1.82) is 0 Å². The average molecular weight is 208 g/mol. The molecule has 4 nitrogen and oxygen atoms in total. The normalized spacial score (nSPS) is 12.5. The van der Waals surface area contributed by atoms with E-state index in [9.17, 15) is 10.1 Å². The number of nitrogens with zero attached hydrogens (tertiary/aromatic N) is 1. The number of nitro benzene ring substituents is 1. The fraction of sp³-hybridized carbons (Fsp3) is 0.455. The van der Waals surface area contributed by atoms with Gasteiger partial charge in [0, 0.05) is 12.1 Å². The molecule has 2 N–H and O–H groups in total. The molecule has 0 saturated heterocycles. The quantitative estimate of drug-likeness (QED) is 0.610. The minimum absolute atomic E-state index is 0.152. The molecule has 0 radical (unpaired) electrons. The molecule has 1 aromatic rings. The van der Waals surface area contributed by atoms with E-state index in [0.717, 1.165) is 17.5 Å². The Morgan fingerprint density at radius 3 is 2.73 bits per heavy atom. The van der Waals surface area contributed by atoms with Crippen molar-refractivity contribution in [3.05, 3.63) is 39.4 Å². The molecule has 15 heavy (non-hydrogen) atoms. The van der Waals surface area contributed by atoms with Crippen LogP contribution in [0.3, 0.4) is 0 Å². The van der Waals surface area contributed by atoms with Crippen LogP contribution in [-0.4, -0.2) is 11.5 Å². The minimum Gasteiger partial charge on any atom is -0.330 e. The van der Waals surface area contributed by atoms with Crippen LogP contribution >= 0.6 is 0 Å². The van der Waals surface area contributed by atoms with Crippen LogP contribution in [0.15, 0.2) is 18.2 Å². The summed E-state index contributed by atoms with van der Waals surface area (Å²) in [5.41, 5.74) is 7.74. The summed E-state index contributed by atoms with van der Waals surface area (Å²) in [4.78, 5) is 10.3. The van der Waals surface area contributed by atoms with Crippen LogP contribution in [0.1, 0.15) is 30.4 Å². The number of aryl methyl sites for hydroxylation is 1. The number of nitro groups is 1. The zero-order chi connectivity index (χ0) is 11.4. The van der Waals surface area contributed by atoms with E-state index in [2.05, 4.69) is 0 Å². The third kappa shape index (κ3) is 2.76. The van der Waals surface area contributed by atoms with Gasteiger partial charge in [0.25, 0.3) is 5.69 Å². The van der Waals surface area contributed by atoms with Gasteiger partial charge in [-0.3, -0.25) is 10.1 Å². The van der Waals surface area contributed by atoms with Crippen LogP contribution in [0.25, 0.3) is 0 Å². The monoisotopic (exact) mass is 208 g/mol. The van der Waals surface area contributed by atoms with Crippen LogP contribution in [-0.2, 0) is 0 Å². The lowest BCUT2D eigenvalue weighted by Crippen LogP contribution is -2.06. The molecule has 1 aromatic carbocycles. The molecule has 0 amide bonds. The highest BCUT2D eigenvalue weighted by Crippen LogP contribution is 2.26. The van der Waals surface area contributed by atoms with Gasteiger partial charge in [0.15, 0.2) is 0 Å². The molecule has 1 rings (SSSR count). The summed E-state index contributed by atoms with van der Waals surface area (Å²) >= 11 is 0. The van der Waals surface area contributed by atoms with Gasteiger partial charge < -0.3 is 5.73 Å². The van der Waals surface area contributed by atoms with Gasteiger partial charge in [-0.2, -0.15) is 0 Å². The summed E-state index contributed by atoms with van der Waals surface area (Å²) in [6.45, 7) is 4.61. The minimum atomic E-state index is -0.363. The van der Waals surface area contributed by atoms with E-state index in [0.29, 0.717) is 6.54 Å². The molecule has 0 aromatic heterocycles. The first kappa shape index (κ1) is 11.7. The Bertz CT molecular complexity index is 364. The van der Waals surface area contributed by atoms with E-state index in [1.54, 1.807) is 12.1 Å². The summed E-state index contributed by atoms with van der Waals surface area (Å²) in [6.07, 6.45) is 0.849. The maximum absolute atomic E-state index is 10.6. The van der Waals surface area contributed by atoms with E-state index >= 15 is 0 Å². The first-order valence-corrected chi connectivity index (χ1v) is 5.01. The smallest absolute Gasteiger partial charge is 0.269 e. The molecule has 0 spiro atoms. The third-order valence-electron chi connectivity index (χ3n) is 2.60. The highest BCUT2D eigenvalue weighted by atomic mass is 16.6. The predicted molar refractivity (Wildman–Crippen MR) is 59.9 cm³/mol. The SMILES string of the molecule is Cc1ccc([N+](=O)[O-])cc1C(C)CCN. The first-order valence-electron chi connectivity index (χ1n) is 5.01. The molecular weight excluding hydrogens is 192 g/mol. The van der Waals surface area contributed by atoms with Gasteiger partial charge in [-0.25, -0.2) is 0 Å². The first-order chi connectivity index (χ1) is 7.06. The molecule has 1 unspecified atom stereocenters. The fourth-order valence-corrected chi connectivity index (χ4v) is 1.68. The standard InChI is InChI=1S/C11H16N2O2/c1-8-3-4-10(13(14)15)7-11(8)9(2)5-6-12/h3-4,7,9H,5-6,12H2,1-2H3. The van der Waals surface area contributed by atoms with E-state index in [4.69, 9.17) is 5.73 Å². The highest BCUT2D eigenvalue weighted by Gasteiger charge is 2.13. The van der Waals surface area contributed by atoms with E-state index < -0.39 is 0 Å². The summed E-state index contributed by atoms with van der Waals surface area (Å²) in [7, 11) is 0. The van der Waals surface area contributed by atoms with Gasteiger partial charge in [-0.15, -0.1) is 0 Å². The summed E-state index contributed by atoms with van der Waals surface area (Å²) in [6, 6.07) is 4.98. The van der Waals surface area contributed by atoms with Crippen molar-refractivity contribution in [2.24, 2.45) is 5.73 Å². The van der Waals surface area contributed by atoms with Gasteiger partial charge in [0.05, 0.1) is 4.92 Å². The van der Waals surface area contributed by atoms with Crippen molar-refractivity contribution in [3.63, 3.8) is 0 Å². The molecule has 0 heterocycles. The van der Waals surface area contributed by atoms with Crippen LogP contribution in [0.5, 0.6) is 0 Å². The van der Waals surface area contributed by atoms with Crippen LogP contribution < -0.4 is 5.73 Å². The predicted octanol–water partition coefficient (Wildman–Crippen LogP) is 2.36. The molecule has 82 valence electrons. The van der Waals surface area contributed by atoms with E-state index in [-0.39, 0.29) is 16.5 Å². The number of nitrogens with two attached hydrogens (primary N) is 1. The number of hydrogen-bond acceptors (Lipinski definition) is 3. The van der Waals surface area contributed by atoms with E-state index in [1.165, 1.54) is 6.07 Å². The number of hydrogen-bond donors (Lipinski definition) is 1. The second-order valence-electron chi connectivity index (χ2n) is 3.78. The van der Waals surface area contributed by atoms with Gasteiger partial charge in [0.2, 0.25) is 0 Å². The summed E-state index contributed by atoms with van der Waals surface area (Å²) < 4.78 is 0. The second-order valence-corrected chi connectivity index (χ2v) is 3.78. The molecule has 0 aliphatic heterocycles. The Morgan fingerprint density at radius 1 is 1.53 bits per heavy atom. The Labute approximate surface area is 89.2 Å². The molecule has 4 heteroatoms. The number of benzene rings is 1. The van der Waals surface area contributed by atoms with Crippen molar-refractivity contribution in [1.82, 2.24) is 0 Å². The molecular formula is C11H16N2O2. The lowest BCUT2D eigenvalue weighted by atomic mass is 9.93. The lowest BCUT2D eigenvalue weighted by Gasteiger charge is -2.13. The van der Waals surface area contributed by atoms with Crippen molar-refractivity contribution in [3.8, 4) is 0 Å². The molecule has 0 aliphatic rings. The topological polar surface area (TPSA) is 69.2 Å². The average Bonchev–Trinajstić information content (AvgIpc) is 2.18. The van der Waals surface area contributed by atoms with Crippen molar-refractivity contribution < 1.29 is 4.92 Å². The number of non-ortho nitro benzene ring substituents is 1. The molecule has 0 aliphatic carbocycles. The Morgan fingerprint density at radius 2 is 2.20 bits per heavy atom.